The lowest BCUT2D eigenvalue weighted by Crippen LogP contribution is -2.16. The molecule has 3 rings (SSSR count). The SMILES string of the molecule is Cc1ccc(NC(=O)c2c[nH]c(=S)n2-c2ccc(F)cc2)cc1C. The maximum Gasteiger partial charge on any atom is 0.274 e. The molecule has 1 heterocycles. The zero-order chi connectivity index (χ0) is 17.3. The van der Waals surface area contributed by atoms with Gasteiger partial charge in [0.1, 0.15) is 11.5 Å². The Kier molecular flexibility index (Phi) is 4.31. The second-order valence-corrected chi connectivity index (χ2v) is 5.93. The molecule has 0 spiro atoms. The Morgan fingerprint density at radius 3 is 2.50 bits per heavy atom. The molecule has 6 heteroatoms. The van der Waals surface area contributed by atoms with Gasteiger partial charge in [-0.2, -0.15) is 0 Å². The van der Waals surface area contributed by atoms with Gasteiger partial charge in [0.2, 0.25) is 0 Å². The molecule has 0 atom stereocenters. The van der Waals surface area contributed by atoms with Crippen molar-refractivity contribution in [2.24, 2.45) is 0 Å². The van der Waals surface area contributed by atoms with Crippen molar-refractivity contribution in [3.63, 3.8) is 0 Å². The third-order valence-electron chi connectivity index (χ3n) is 3.86. The third kappa shape index (κ3) is 3.14. The summed E-state index contributed by atoms with van der Waals surface area (Å²) in [7, 11) is 0. The number of imidazole rings is 1. The number of hydrogen-bond acceptors (Lipinski definition) is 2. The quantitative estimate of drug-likeness (QED) is 0.687. The number of aryl methyl sites for hydroxylation is 2. The molecule has 0 radical (unpaired) electrons. The predicted octanol–water partition coefficient (Wildman–Crippen LogP) is 4.54. The molecule has 24 heavy (non-hydrogen) atoms. The molecule has 2 aromatic carbocycles. The van der Waals surface area contributed by atoms with E-state index in [-0.39, 0.29) is 11.7 Å². The van der Waals surface area contributed by atoms with Crippen molar-refractivity contribution in [3.05, 3.63) is 76.1 Å². The molecular weight excluding hydrogens is 325 g/mol. The first-order valence-corrected chi connectivity index (χ1v) is 7.81. The second-order valence-electron chi connectivity index (χ2n) is 5.54. The summed E-state index contributed by atoms with van der Waals surface area (Å²) in [5.74, 6) is -0.642. The highest BCUT2D eigenvalue weighted by atomic mass is 32.1. The predicted molar refractivity (Wildman–Crippen MR) is 94.8 cm³/mol. The van der Waals surface area contributed by atoms with Crippen LogP contribution in [-0.2, 0) is 0 Å². The standard InChI is InChI=1S/C18H16FN3OS/c1-11-3-6-14(9-12(11)2)21-17(23)16-10-20-18(24)22(16)15-7-4-13(19)5-8-15/h3-10H,1-2H3,(H,20,24)(H,21,23). The fourth-order valence-corrected chi connectivity index (χ4v) is 2.66. The van der Waals surface area contributed by atoms with E-state index >= 15 is 0 Å². The van der Waals surface area contributed by atoms with E-state index in [1.807, 2.05) is 32.0 Å². The fraction of sp³-hybridized carbons (Fsp3) is 0.111. The molecule has 0 unspecified atom stereocenters. The molecule has 4 nitrogen and oxygen atoms in total. The lowest BCUT2D eigenvalue weighted by molar-refractivity contribution is 0.102. The summed E-state index contributed by atoms with van der Waals surface area (Å²) < 4.78 is 15.1. The number of amides is 1. The fourth-order valence-electron chi connectivity index (χ4n) is 2.40. The Morgan fingerprint density at radius 1 is 1.12 bits per heavy atom. The van der Waals surface area contributed by atoms with Gasteiger partial charge in [0.15, 0.2) is 4.77 Å². The maximum atomic E-state index is 13.1. The third-order valence-corrected chi connectivity index (χ3v) is 4.16. The Bertz CT molecular complexity index is 957. The molecule has 122 valence electrons. The van der Waals surface area contributed by atoms with Crippen molar-refractivity contribution in [1.82, 2.24) is 9.55 Å². The minimum absolute atomic E-state index is 0.296. The molecule has 0 saturated carbocycles. The van der Waals surface area contributed by atoms with Crippen LogP contribution >= 0.6 is 12.2 Å². The van der Waals surface area contributed by atoms with E-state index in [4.69, 9.17) is 12.2 Å². The number of hydrogen-bond donors (Lipinski definition) is 2. The molecule has 0 bridgehead atoms. The van der Waals surface area contributed by atoms with E-state index in [2.05, 4.69) is 10.3 Å². The number of carbonyl (C=O) groups excluding carboxylic acids is 1. The van der Waals surface area contributed by atoms with E-state index in [1.54, 1.807) is 22.9 Å². The van der Waals surface area contributed by atoms with Crippen molar-refractivity contribution in [3.8, 4) is 5.69 Å². The summed E-state index contributed by atoms with van der Waals surface area (Å²) in [5, 5.41) is 2.86. The van der Waals surface area contributed by atoms with Crippen molar-refractivity contribution in [1.29, 1.82) is 0 Å². The molecule has 0 aliphatic carbocycles. The first-order valence-electron chi connectivity index (χ1n) is 7.40. The normalized spacial score (nSPS) is 10.6. The van der Waals surface area contributed by atoms with Crippen LogP contribution in [0.2, 0.25) is 0 Å². The molecule has 2 N–H and O–H groups in total. The Hall–Kier alpha value is -2.73. The zero-order valence-electron chi connectivity index (χ0n) is 13.3. The Morgan fingerprint density at radius 2 is 1.83 bits per heavy atom. The van der Waals surface area contributed by atoms with E-state index in [1.165, 1.54) is 12.1 Å². The van der Waals surface area contributed by atoms with Gasteiger partial charge in [0.25, 0.3) is 5.91 Å². The number of rotatable bonds is 3. The first-order chi connectivity index (χ1) is 11.5. The van der Waals surface area contributed by atoms with E-state index < -0.39 is 0 Å². The highest BCUT2D eigenvalue weighted by Gasteiger charge is 2.15. The smallest absolute Gasteiger partial charge is 0.274 e. The number of halogens is 1. The van der Waals surface area contributed by atoms with Gasteiger partial charge in [0.05, 0.1) is 0 Å². The van der Waals surface area contributed by atoms with E-state index in [0.29, 0.717) is 21.8 Å². The van der Waals surface area contributed by atoms with E-state index in [0.717, 1.165) is 11.1 Å². The van der Waals surface area contributed by atoms with Crippen LogP contribution in [0.4, 0.5) is 10.1 Å². The molecule has 1 aromatic heterocycles. The highest BCUT2D eigenvalue weighted by molar-refractivity contribution is 7.71. The number of benzene rings is 2. The summed E-state index contributed by atoms with van der Waals surface area (Å²) >= 11 is 5.24. The minimum Gasteiger partial charge on any atom is -0.336 e. The van der Waals surface area contributed by atoms with Crippen LogP contribution in [0.3, 0.4) is 0 Å². The van der Waals surface area contributed by atoms with Crippen LogP contribution < -0.4 is 5.32 Å². The number of H-pyrrole nitrogens is 1. The Labute approximate surface area is 144 Å². The first kappa shape index (κ1) is 16.1. The lowest BCUT2D eigenvalue weighted by Gasteiger charge is -2.10. The van der Waals surface area contributed by atoms with Gasteiger partial charge in [-0.05, 0) is 73.6 Å². The Balaban J connectivity index is 1.95. The highest BCUT2D eigenvalue weighted by Crippen LogP contribution is 2.18. The molecule has 0 aliphatic heterocycles. The summed E-state index contributed by atoms with van der Waals surface area (Å²) in [5.41, 5.74) is 3.93. The number of anilines is 1. The molecule has 0 saturated heterocycles. The van der Waals surface area contributed by atoms with Crippen LogP contribution in [0.1, 0.15) is 21.6 Å². The lowest BCUT2D eigenvalue weighted by atomic mass is 10.1. The van der Waals surface area contributed by atoms with Crippen LogP contribution in [-0.4, -0.2) is 15.5 Å². The zero-order valence-corrected chi connectivity index (χ0v) is 14.1. The summed E-state index contributed by atoms with van der Waals surface area (Å²) in [6.07, 6.45) is 1.54. The average Bonchev–Trinajstić information content (AvgIpc) is 2.93. The van der Waals surface area contributed by atoms with Gasteiger partial charge in [0, 0.05) is 17.6 Å². The number of carbonyl (C=O) groups is 1. The van der Waals surface area contributed by atoms with Crippen molar-refractivity contribution < 1.29 is 9.18 Å². The average molecular weight is 341 g/mol. The van der Waals surface area contributed by atoms with Crippen molar-refractivity contribution in [2.75, 3.05) is 5.32 Å². The molecule has 0 aliphatic rings. The number of nitrogens with one attached hydrogen (secondary N) is 2. The van der Waals surface area contributed by atoms with Crippen LogP contribution in [0.25, 0.3) is 5.69 Å². The molecule has 0 fully saturated rings. The van der Waals surface area contributed by atoms with E-state index in [9.17, 15) is 9.18 Å². The number of nitrogens with zero attached hydrogens (tertiary/aromatic N) is 1. The summed E-state index contributed by atoms with van der Waals surface area (Å²) in [6, 6.07) is 11.5. The van der Waals surface area contributed by atoms with Crippen molar-refractivity contribution in [2.45, 2.75) is 13.8 Å². The summed E-state index contributed by atoms with van der Waals surface area (Å²) in [4.78, 5) is 15.5. The summed E-state index contributed by atoms with van der Waals surface area (Å²) in [6.45, 7) is 4.00. The monoisotopic (exact) mass is 341 g/mol. The largest absolute Gasteiger partial charge is 0.336 e. The van der Waals surface area contributed by atoms with Gasteiger partial charge < -0.3 is 10.3 Å². The second kappa shape index (κ2) is 6.41. The number of aromatic amines is 1. The molecular formula is C18H16FN3OS. The van der Waals surface area contributed by atoms with Crippen molar-refractivity contribution >= 4 is 23.8 Å². The van der Waals surface area contributed by atoms with Gasteiger partial charge in [-0.1, -0.05) is 6.07 Å². The van der Waals surface area contributed by atoms with Gasteiger partial charge >= 0.3 is 0 Å². The minimum atomic E-state index is -0.345. The topological polar surface area (TPSA) is 49.8 Å². The maximum absolute atomic E-state index is 13.1. The molecule has 3 aromatic rings. The molecule has 1 amide bonds. The van der Waals surface area contributed by atoms with Crippen LogP contribution in [0.15, 0.2) is 48.7 Å². The van der Waals surface area contributed by atoms with Gasteiger partial charge in [-0.25, -0.2) is 4.39 Å². The number of aromatic nitrogens is 2. The van der Waals surface area contributed by atoms with Gasteiger partial charge in [-0.3, -0.25) is 9.36 Å². The van der Waals surface area contributed by atoms with Crippen LogP contribution in [0.5, 0.6) is 0 Å². The van der Waals surface area contributed by atoms with Crippen LogP contribution in [0, 0.1) is 24.4 Å². The van der Waals surface area contributed by atoms with Gasteiger partial charge in [-0.15, -0.1) is 0 Å².